The van der Waals surface area contributed by atoms with Crippen molar-refractivity contribution in [1.82, 2.24) is 15.0 Å². The minimum Gasteiger partial charge on any atom is -0.464 e. The molecule has 0 saturated heterocycles. The molecule has 0 spiro atoms. The number of H-pyrrole nitrogens is 1. The van der Waals surface area contributed by atoms with Crippen LogP contribution in [0.3, 0.4) is 0 Å². The Morgan fingerprint density at radius 2 is 0.780 bits per heavy atom. The summed E-state index contributed by atoms with van der Waals surface area (Å²) in [6.07, 6.45) is 15.4. The summed E-state index contributed by atoms with van der Waals surface area (Å²) in [5.41, 5.74) is 23.9. The Morgan fingerprint density at radius 3 is 1.32 bits per heavy atom. The molecule has 1 N–H and O–H groups in total. The van der Waals surface area contributed by atoms with E-state index in [9.17, 15) is 0 Å². The SMILES string of the molecule is Cc1cccc2c1OC[n+]1c(C)cccc1-2.Cc1cccc2c1OC[n+]1c(C)ccnc1-2.c1c[nH]c(-c2cccc3c2OC[n+]2ccccc2-3)c1.c1ccc(-c2cccc3c2OC[n+]2ccccc2-3)nc1.c1coc(-c2cccc3c2OC[n+]2ccccc2-3)c1.c1csc(-c2cccc3c2OC[n+]2ccccc2-3)c1. The minimum atomic E-state index is 0.529. The highest BCUT2D eigenvalue weighted by molar-refractivity contribution is 7.13. The van der Waals surface area contributed by atoms with E-state index in [4.69, 9.17) is 32.8 Å². The first-order chi connectivity index (χ1) is 53.8. The van der Waals surface area contributed by atoms with E-state index < -0.39 is 0 Å². The lowest BCUT2D eigenvalue weighted by molar-refractivity contribution is -0.725. The summed E-state index contributed by atoms with van der Waals surface area (Å²) in [5, 5.41) is 2.10. The van der Waals surface area contributed by atoms with Gasteiger partial charge in [-0.15, -0.1) is 11.3 Å². The van der Waals surface area contributed by atoms with Gasteiger partial charge in [0.15, 0.2) is 36.2 Å². The number of benzene rings is 6. The van der Waals surface area contributed by atoms with Crippen LogP contribution in [0.15, 0.2) is 320 Å². The monoisotopic (exact) mass is 1450 g/mol. The molecule has 22 rings (SSSR count). The lowest BCUT2D eigenvalue weighted by atomic mass is 10.0. The van der Waals surface area contributed by atoms with Gasteiger partial charge in [0.05, 0.1) is 45.3 Å². The largest absolute Gasteiger partial charge is 0.464 e. The van der Waals surface area contributed by atoms with Crippen LogP contribution in [0.4, 0.5) is 0 Å². The number of nitrogens with zero attached hydrogens (tertiary/aromatic N) is 8. The fourth-order valence-electron chi connectivity index (χ4n) is 14.4. The third-order valence-corrected chi connectivity index (χ3v) is 20.7. The standard InChI is InChI=1S/C17H13N2O.C16H13N2O.C16H12NO2.C16H12NOS.C14H14NO.C13H13N2O/c1-3-10-18-15(8-1)13-6-5-7-14-16-9-2-4-11-19(16)12-20-17(13)14;1-2-10-18-11-19-16-12(14-7-4-9-17-14)5-3-6-13(16)15(18)8-1;1-2-9-17-11-19-16-12(14(17)7-1)5-3-6-13(16)15-8-4-10-18-15;1-2-9-17-11-18-16-12(14(17)7-1)5-3-6-13(16)15-8-4-10-19-15;1-10-5-3-7-12-13-8-4-6-11(2)15(13)9-16-14(10)12;1-9-4-3-5-11-12(9)16-8-15-10(2)6-7-14-13(11)15/h1-11H,12H2;1-10,17H,11H2;2*1-10H,11H2;3-8H,9H2,1-2H3;3-7H,8H2,1-2H3/q6*+1. The third kappa shape index (κ3) is 13.8. The molecule has 0 saturated carbocycles. The second kappa shape index (κ2) is 30.8. The van der Waals surface area contributed by atoms with Crippen molar-refractivity contribution in [1.29, 1.82) is 0 Å². The van der Waals surface area contributed by atoms with E-state index in [0.717, 1.165) is 119 Å². The highest BCUT2D eigenvalue weighted by Crippen LogP contribution is 2.45. The quantitative estimate of drug-likeness (QED) is 0.171. The molecule has 6 aliphatic rings. The first-order valence-corrected chi connectivity index (χ1v) is 37.1. The average Bonchev–Trinajstić information content (AvgIpc) is 1.74. The number of pyridine rings is 6. The number of aryl methyl sites for hydroxylation is 4. The number of hydrogen-bond acceptors (Lipinski definition) is 10. The van der Waals surface area contributed by atoms with E-state index >= 15 is 0 Å². The summed E-state index contributed by atoms with van der Waals surface area (Å²) in [6, 6.07) is 88.5. The van der Waals surface area contributed by atoms with Gasteiger partial charge < -0.3 is 37.8 Å². The Balaban J connectivity index is 0.0000000958. The van der Waals surface area contributed by atoms with Crippen molar-refractivity contribution in [3.63, 3.8) is 0 Å². The van der Waals surface area contributed by atoms with Crippen LogP contribution in [-0.2, 0) is 40.4 Å². The minimum absolute atomic E-state index is 0.529. The summed E-state index contributed by atoms with van der Waals surface area (Å²) in [5.74, 6) is 7.56. The smallest absolute Gasteiger partial charge is 0.336 e. The predicted octanol–water partition coefficient (Wildman–Crippen LogP) is 17.6. The van der Waals surface area contributed by atoms with Gasteiger partial charge in [-0.25, -0.2) is 0 Å². The van der Waals surface area contributed by atoms with E-state index in [1.54, 1.807) is 23.8 Å². The number of ether oxygens (including phenoxy) is 6. The number of nitrogens with one attached hydrogen (secondary N) is 1. The van der Waals surface area contributed by atoms with Gasteiger partial charge in [0, 0.05) is 113 Å². The van der Waals surface area contributed by atoms with Crippen LogP contribution in [0, 0.1) is 27.7 Å². The molecule has 17 heteroatoms. The predicted molar refractivity (Wildman–Crippen MR) is 417 cm³/mol. The summed E-state index contributed by atoms with van der Waals surface area (Å²) >= 11 is 1.74. The first-order valence-electron chi connectivity index (χ1n) is 36.2. The van der Waals surface area contributed by atoms with E-state index in [1.165, 1.54) is 50.0 Å². The molecule has 532 valence electrons. The van der Waals surface area contributed by atoms with E-state index in [2.05, 4.69) is 245 Å². The lowest BCUT2D eigenvalue weighted by Crippen LogP contribution is -2.45. The van der Waals surface area contributed by atoms with Gasteiger partial charge in [0.2, 0.25) is 35.2 Å². The second-order valence-electron chi connectivity index (χ2n) is 26.6. The summed E-state index contributed by atoms with van der Waals surface area (Å²) in [7, 11) is 0. The fourth-order valence-corrected chi connectivity index (χ4v) is 15.2. The lowest BCUT2D eigenvalue weighted by Gasteiger charge is -2.18. The van der Waals surface area contributed by atoms with Crippen molar-refractivity contribution in [2.24, 2.45) is 0 Å². The highest BCUT2D eigenvalue weighted by atomic mass is 32.1. The van der Waals surface area contributed by atoms with Crippen LogP contribution in [0.2, 0.25) is 0 Å². The number of furan rings is 1. The molecule has 0 atom stereocenters. The van der Waals surface area contributed by atoms with Crippen molar-refractivity contribution in [2.75, 3.05) is 0 Å². The molecule has 6 aromatic carbocycles. The van der Waals surface area contributed by atoms with Crippen LogP contribution in [-0.4, -0.2) is 15.0 Å². The Kier molecular flexibility index (Phi) is 19.4. The number of aromatic nitrogens is 9. The Morgan fingerprint density at radius 1 is 0.321 bits per heavy atom. The van der Waals surface area contributed by atoms with E-state index in [0.29, 0.717) is 40.4 Å². The van der Waals surface area contributed by atoms with E-state index in [-0.39, 0.29) is 0 Å². The topological polar surface area (TPSA) is 133 Å². The molecule has 6 aliphatic heterocycles. The maximum absolute atomic E-state index is 5.97. The second-order valence-corrected chi connectivity index (χ2v) is 27.5. The molecule has 0 radical (unpaired) electrons. The van der Waals surface area contributed by atoms with Crippen molar-refractivity contribution < 1.29 is 60.2 Å². The number of fused-ring (bicyclic) bond motifs is 18. The van der Waals surface area contributed by atoms with Crippen molar-refractivity contribution in [2.45, 2.75) is 68.1 Å². The van der Waals surface area contributed by atoms with Crippen LogP contribution < -0.4 is 55.8 Å². The number of aromatic amines is 1. The molecule has 16 nitrogen and oxygen atoms in total. The normalized spacial score (nSPS) is 12.4. The summed E-state index contributed by atoms with van der Waals surface area (Å²) in [4.78, 5) is 13.4. The first kappa shape index (κ1) is 68.5. The molecule has 16 heterocycles. The van der Waals surface area contributed by atoms with E-state index in [1.807, 2.05) is 128 Å². The summed E-state index contributed by atoms with van der Waals surface area (Å²) in [6.45, 7) is 11.7. The zero-order valence-electron chi connectivity index (χ0n) is 60.6. The maximum atomic E-state index is 5.97. The van der Waals surface area contributed by atoms with Crippen molar-refractivity contribution >= 4 is 11.3 Å². The van der Waals surface area contributed by atoms with Gasteiger partial charge in [-0.05, 0) is 176 Å². The van der Waals surface area contributed by atoms with Gasteiger partial charge in [-0.1, -0.05) is 60.7 Å². The molecule has 0 fully saturated rings. The third-order valence-electron chi connectivity index (χ3n) is 19.8. The molecular formula is C92H77N9O7S+6. The average molecular weight is 1450 g/mol. The van der Waals surface area contributed by atoms with Crippen molar-refractivity contribution in [3.8, 4) is 146 Å². The Bertz CT molecular complexity index is 5440. The molecular weight excluding hydrogens is 1380 g/mol. The molecule has 0 amide bonds. The van der Waals surface area contributed by atoms with Crippen LogP contribution in [0.25, 0.3) is 112 Å². The number of hydrogen-bond donors (Lipinski definition) is 1. The van der Waals surface area contributed by atoms with Crippen molar-refractivity contribution in [3.05, 3.63) is 338 Å². The van der Waals surface area contributed by atoms with Crippen LogP contribution >= 0.6 is 11.3 Å². The zero-order chi connectivity index (χ0) is 73.6. The van der Waals surface area contributed by atoms with Crippen LogP contribution in [0.1, 0.15) is 22.5 Å². The molecule has 0 unspecified atom stereocenters. The molecule has 109 heavy (non-hydrogen) atoms. The van der Waals surface area contributed by atoms with Crippen LogP contribution in [0.5, 0.6) is 34.5 Å². The number of para-hydroxylation sites is 6. The molecule has 16 aromatic rings. The molecule has 0 aliphatic carbocycles. The highest BCUT2D eigenvalue weighted by Gasteiger charge is 2.33. The number of thiophene rings is 1. The van der Waals surface area contributed by atoms with Gasteiger partial charge in [0.1, 0.15) is 52.0 Å². The number of rotatable bonds is 4. The van der Waals surface area contributed by atoms with Gasteiger partial charge >= 0.3 is 5.82 Å². The fraction of sp³-hybridized carbons (Fsp3) is 0.109. The molecule has 10 aromatic heterocycles. The van der Waals surface area contributed by atoms with Gasteiger partial charge in [0.25, 0.3) is 33.7 Å². The summed E-state index contributed by atoms with van der Waals surface area (Å²) < 4.78 is 53.6. The Hall–Kier alpha value is -13.6. The van der Waals surface area contributed by atoms with Gasteiger partial charge in [-0.3, -0.25) is 4.98 Å². The van der Waals surface area contributed by atoms with Gasteiger partial charge in [-0.2, -0.15) is 27.4 Å². The molecule has 0 bridgehead atoms. The maximum Gasteiger partial charge on any atom is 0.336 e. The Labute approximate surface area is 635 Å². The zero-order valence-corrected chi connectivity index (χ0v) is 61.4.